The fraction of sp³-hybridized carbons (Fsp3) is 0.273. The van der Waals surface area contributed by atoms with Crippen molar-refractivity contribution in [3.05, 3.63) is 71.4 Å². The number of aryl methyl sites for hydroxylation is 1. The number of carbonyl (C=O) groups is 1. The zero-order valence-corrected chi connectivity index (χ0v) is 17.8. The van der Waals surface area contributed by atoms with Crippen molar-refractivity contribution in [1.29, 1.82) is 0 Å². The molecule has 0 spiro atoms. The normalized spacial score (nSPS) is 11.2. The van der Waals surface area contributed by atoms with E-state index >= 15 is 0 Å². The van der Waals surface area contributed by atoms with Gasteiger partial charge in [0.1, 0.15) is 5.69 Å². The molecule has 4 aromatic rings. The summed E-state index contributed by atoms with van der Waals surface area (Å²) in [5.41, 5.74) is 3.90. The van der Waals surface area contributed by atoms with Crippen molar-refractivity contribution >= 4 is 11.6 Å². The maximum Gasteiger partial charge on any atom is 0.271 e. The molecular weight excluding hydrogens is 392 g/mol. The van der Waals surface area contributed by atoms with Crippen molar-refractivity contribution in [1.82, 2.24) is 40.0 Å². The molecule has 0 aliphatic heterocycles. The number of nitrogens with one attached hydrogen (secondary N) is 1. The van der Waals surface area contributed by atoms with E-state index in [0.717, 1.165) is 23.2 Å². The van der Waals surface area contributed by atoms with Crippen LogP contribution in [-0.4, -0.2) is 67.8 Å². The number of rotatable bonds is 7. The van der Waals surface area contributed by atoms with Gasteiger partial charge in [0, 0.05) is 37.5 Å². The quantitative estimate of drug-likeness (QED) is 0.490. The van der Waals surface area contributed by atoms with E-state index in [4.69, 9.17) is 0 Å². The molecule has 0 radical (unpaired) electrons. The summed E-state index contributed by atoms with van der Waals surface area (Å²) >= 11 is 0. The smallest absolute Gasteiger partial charge is 0.271 e. The van der Waals surface area contributed by atoms with Crippen LogP contribution in [0.5, 0.6) is 0 Å². The highest BCUT2D eigenvalue weighted by atomic mass is 16.1. The van der Waals surface area contributed by atoms with Crippen LogP contribution in [0, 0.1) is 6.92 Å². The largest absolute Gasteiger partial charge is 0.349 e. The van der Waals surface area contributed by atoms with E-state index in [9.17, 15) is 4.79 Å². The van der Waals surface area contributed by atoms with Crippen molar-refractivity contribution in [2.75, 3.05) is 27.2 Å². The first-order valence-electron chi connectivity index (χ1n) is 10.0. The standard InChI is InChI=1S/C22H24N8O/c1-15-13-24-21(25-14-15)17-6-4-5-16(11-17)12-20-27-26-19-8-7-18(28-30(19)20)22(31)23-9-10-29(2)3/h4-8,11,13-14H,9-10,12H2,1-3H3,(H,23,31). The third-order valence-corrected chi connectivity index (χ3v) is 4.73. The molecule has 158 valence electrons. The number of hydrogen-bond acceptors (Lipinski definition) is 7. The maximum absolute atomic E-state index is 12.4. The predicted molar refractivity (Wildman–Crippen MR) is 117 cm³/mol. The van der Waals surface area contributed by atoms with Crippen LogP contribution in [-0.2, 0) is 6.42 Å². The van der Waals surface area contributed by atoms with Gasteiger partial charge in [-0.2, -0.15) is 9.61 Å². The van der Waals surface area contributed by atoms with Gasteiger partial charge in [-0.3, -0.25) is 4.79 Å². The SMILES string of the molecule is Cc1cnc(-c2cccc(Cc3nnc4ccc(C(=O)NCCN(C)C)nn34)c2)nc1. The van der Waals surface area contributed by atoms with Crippen LogP contribution in [0.4, 0.5) is 0 Å². The molecule has 0 aliphatic rings. The molecule has 31 heavy (non-hydrogen) atoms. The lowest BCUT2D eigenvalue weighted by Gasteiger charge is -2.10. The summed E-state index contributed by atoms with van der Waals surface area (Å²) in [5, 5.41) is 15.8. The Labute approximate surface area is 180 Å². The summed E-state index contributed by atoms with van der Waals surface area (Å²) in [6, 6.07) is 11.4. The Morgan fingerprint density at radius 3 is 2.68 bits per heavy atom. The molecular formula is C22H24N8O. The van der Waals surface area contributed by atoms with Crippen LogP contribution in [0.25, 0.3) is 17.0 Å². The summed E-state index contributed by atoms with van der Waals surface area (Å²) in [4.78, 5) is 23.2. The highest BCUT2D eigenvalue weighted by Crippen LogP contribution is 2.18. The van der Waals surface area contributed by atoms with Crippen LogP contribution in [0.15, 0.2) is 48.8 Å². The van der Waals surface area contributed by atoms with Gasteiger partial charge in [0.25, 0.3) is 5.91 Å². The van der Waals surface area contributed by atoms with Gasteiger partial charge in [0.15, 0.2) is 17.3 Å². The molecule has 0 bridgehead atoms. The second-order valence-electron chi connectivity index (χ2n) is 7.63. The molecule has 0 saturated heterocycles. The van der Waals surface area contributed by atoms with E-state index in [0.29, 0.717) is 36.0 Å². The highest BCUT2D eigenvalue weighted by molar-refractivity contribution is 5.92. The van der Waals surface area contributed by atoms with Gasteiger partial charge in [0.2, 0.25) is 0 Å². The van der Waals surface area contributed by atoms with Gasteiger partial charge in [0.05, 0.1) is 0 Å². The number of fused-ring (bicyclic) bond motifs is 1. The minimum atomic E-state index is -0.220. The van der Waals surface area contributed by atoms with Gasteiger partial charge in [-0.25, -0.2) is 9.97 Å². The molecule has 0 unspecified atom stereocenters. The Bertz CT molecular complexity index is 1200. The van der Waals surface area contributed by atoms with Crippen LogP contribution in [0.3, 0.4) is 0 Å². The molecule has 9 nitrogen and oxygen atoms in total. The Morgan fingerprint density at radius 1 is 1.10 bits per heavy atom. The number of hydrogen-bond donors (Lipinski definition) is 1. The van der Waals surface area contributed by atoms with E-state index in [1.807, 2.05) is 50.2 Å². The Kier molecular flexibility index (Phi) is 5.94. The van der Waals surface area contributed by atoms with Gasteiger partial charge in [-0.05, 0) is 50.3 Å². The second-order valence-corrected chi connectivity index (χ2v) is 7.63. The van der Waals surface area contributed by atoms with E-state index in [1.165, 1.54) is 0 Å². The third-order valence-electron chi connectivity index (χ3n) is 4.73. The summed E-state index contributed by atoms with van der Waals surface area (Å²) in [7, 11) is 3.92. The van der Waals surface area contributed by atoms with Crippen molar-refractivity contribution in [2.24, 2.45) is 0 Å². The highest BCUT2D eigenvalue weighted by Gasteiger charge is 2.13. The van der Waals surface area contributed by atoms with Gasteiger partial charge < -0.3 is 10.2 Å². The first-order valence-corrected chi connectivity index (χ1v) is 10.0. The second kappa shape index (κ2) is 8.97. The third kappa shape index (κ3) is 4.89. The summed E-state index contributed by atoms with van der Waals surface area (Å²) in [6.45, 7) is 3.27. The Morgan fingerprint density at radius 2 is 1.90 bits per heavy atom. The Balaban J connectivity index is 1.55. The minimum absolute atomic E-state index is 0.220. The van der Waals surface area contributed by atoms with Crippen LogP contribution in [0.2, 0.25) is 0 Å². The van der Waals surface area contributed by atoms with E-state index in [2.05, 4.69) is 30.6 Å². The lowest BCUT2D eigenvalue weighted by Crippen LogP contribution is -2.32. The summed E-state index contributed by atoms with van der Waals surface area (Å²) in [6.07, 6.45) is 4.12. The number of likely N-dealkylation sites (N-methyl/N-ethyl adjacent to an activating group) is 1. The molecule has 0 atom stereocenters. The van der Waals surface area contributed by atoms with Crippen molar-refractivity contribution in [2.45, 2.75) is 13.3 Å². The van der Waals surface area contributed by atoms with E-state index < -0.39 is 0 Å². The summed E-state index contributed by atoms with van der Waals surface area (Å²) < 4.78 is 1.62. The number of carbonyl (C=O) groups excluding carboxylic acids is 1. The lowest BCUT2D eigenvalue weighted by atomic mass is 10.1. The van der Waals surface area contributed by atoms with Crippen molar-refractivity contribution in [3.63, 3.8) is 0 Å². The maximum atomic E-state index is 12.4. The monoisotopic (exact) mass is 416 g/mol. The van der Waals surface area contributed by atoms with Crippen LogP contribution < -0.4 is 5.32 Å². The predicted octanol–water partition coefficient (Wildman–Crippen LogP) is 1.77. The number of nitrogens with zero attached hydrogens (tertiary/aromatic N) is 7. The molecule has 3 heterocycles. The van der Waals surface area contributed by atoms with E-state index in [1.54, 1.807) is 29.0 Å². The minimum Gasteiger partial charge on any atom is -0.349 e. The molecule has 0 fully saturated rings. The zero-order valence-electron chi connectivity index (χ0n) is 17.8. The van der Waals surface area contributed by atoms with Gasteiger partial charge in [-0.1, -0.05) is 18.2 Å². The van der Waals surface area contributed by atoms with Gasteiger partial charge >= 0.3 is 0 Å². The van der Waals surface area contributed by atoms with Crippen LogP contribution >= 0.6 is 0 Å². The van der Waals surface area contributed by atoms with Crippen LogP contribution in [0.1, 0.15) is 27.4 Å². The first kappa shape index (κ1) is 20.5. The summed E-state index contributed by atoms with van der Waals surface area (Å²) in [5.74, 6) is 1.11. The Hall–Kier alpha value is -3.72. The zero-order chi connectivity index (χ0) is 21.8. The number of amides is 1. The van der Waals surface area contributed by atoms with E-state index in [-0.39, 0.29) is 5.91 Å². The molecule has 0 aliphatic carbocycles. The molecule has 3 aromatic heterocycles. The molecule has 1 amide bonds. The first-order chi connectivity index (χ1) is 15.0. The van der Waals surface area contributed by atoms with Gasteiger partial charge in [-0.15, -0.1) is 10.2 Å². The fourth-order valence-corrected chi connectivity index (χ4v) is 3.09. The molecule has 0 saturated carbocycles. The fourth-order valence-electron chi connectivity index (χ4n) is 3.09. The number of aromatic nitrogens is 6. The molecule has 4 rings (SSSR count). The topological polar surface area (TPSA) is 101 Å². The molecule has 1 N–H and O–H groups in total. The molecule has 9 heteroatoms. The average molecular weight is 416 g/mol. The average Bonchev–Trinajstić information content (AvgIpc) is 3.16. The van der Waals surface area contributed by atoms with Crippen molar-refractivity contribution in [3.8, 4) is 11.4 Å². The van der Waals surface area contributed by atoms with Crippen molar-refractivity contribution < 1.29 is 4.79 Å². The molecule has 1 aromatic carbocycles. The lowest BCUT2D eigenvalue weighted by molar-refractivity contribution is 0.0944. The number of benzene rings is 1.